The second-order valence-corrected chi connectivity index (χ2v) is 8.21. The van der Waals surface area contributed by atoms with Crippen LogP contribution in [-0.4, -0.2) is 46.9 Å². The highest BCUT2D eigenvalue weighted by atomic mass is 16.5. The zero-order valence-corrected chi connectivity index (χ0v) is 19.1. The smallest absolute Gasteiger partial charge is 0.296 e. The van der Waals surface area contributed by atoms with Gasteiger partial charge in [0.15, 0.2) is 5.69 Å². The van der Waals surface area contributed by atoms with E-state index in [-0.39, 0.29) is 12.2 Å². The minimum Gasteiger partial charge on any atom is -0.501 e. The molecular formula is C25H28N4O4. The Balaban J connectivity index is 1.68. The number of aryl methyl sites for hydroxylation is 2. The molecule has 2 N–H and O–H groups in total. The highest BCUT2D eigenvalue weighted by molar-refractivity contribution is 5.95. The summed E-state index contributed by atoms with van der Waals surface area (Å²) in [4.78, 5) is 32.3. The molecule has 0 spiro atoms. The summed E-state index contributed by atoms with van der Waals surface area (Å²) in [5, 5.41) is 13.2. The molecule has 33 heavy (non-hydrogen) atoms. The van der Waals surface area contributed by atoms with Gasteiger partial charge in [0.2, 0.25) is 5.75 Å². The number of anilines is 1. The summed E-state index contributed by atoms with van der Waals surface area (Å²) in [6, 6.07) is 13.5. The molecule has 2 aromatic carbocycles. The van der Waals surface area contributed by atoms with Gasteiger partial charge in [0, 0.05) is 37.9 Å². The van der Waals surface area contributed by atoms with Crippen molar-refractivity contribution in [3.63, 3.8) is 0 Å². The van der Waals surface area contributed by atoms with Crippen molar-refractivity contribution in [2.45, 2.75) is 20.4 Å². The molecule has 3 aromatic rings. The van der Waals surface area contributed by atoms with E-state index in [1.165, 1.54) is 17.2 Å². The molecule has 4 rings (SSSR count). The Kier molecular flexibility index (Phi) is 6.46. The van der Waals surface area contributed by atoms with Gasteiger partial charge in [-0.1, -0.05) is 30.3 Å². The number of nitrogens with one attached hydrogen (secondary N) is 1. The number of rotatable bonds is 5. The SMILES string of the molecule is Cc1ccc(CNC(=O)c2nc(-c3ccccc3N3CCOCC3)n(C)c(=O)c2O)cc1C. The van der Waals surface area contributed by atoms with Gasteiger partial charge in [0.25, 0.3) is 11.5 Å². The second-order valence-electron chi connectivity index (χ2n) is 8.21. The molecule has 0 unspecified atom stereocenters. The summed E-state index contributed by atoms with van der Waals surface area (Å²) in [5.41, 5.74) is 3.87. The van der Waals surface area contributed by atoms with Gasteiger partial charge >= 0.3 is 0 Å². The van der Waals surface area contributed by atoms with Crippen LogP contribution in [0.1, 0.15) is 27.2 Å². The summed E-state index contributed by atoms with van der Waals surface area (Å²) in [7, 11) is 1.54. The molecule has 0 aliphatic carbocycles. The van der Waals surface area contributed by atoms with Crippen LogP contribution in [0.5, 0.6) is 5.75 Å². The number of aromatic nitrogens is 2. The molecule has 0 bridgehead atoms. The predicted octanol–water partition coefficient (Wildman–Crippen LogP) is 2.54. The quantitative estimate of drug-likeness (QED) is 0.623. The van der Waals surface area contributed by atoms with Crippen LogP contribution in [0.2, 0.25) is 0 Å². The lowest BCUT2D eigenvalue weighted by atomic mass is 10.1. The summed E-state index contributed by atoms with van der Waals surface area (Å²) in [5.74, 6) is -0.951. The Morgan fingerprint density at radius 3 is 2.58 bits per heavy atom. The number of aromatic hydroxyl groups is 1. The third-order valence-electron chi connectivity index (χ3n) is 6.00. The Bertz CT molecular complexity index is 1250. The lowest BCUT2D eigenvalue weighted by molar-refractivity contribution is 0.0942. The summed E-state index contributed by atoms with van der Waals surface area (Å²) in [6.07, 6.45) is 0. The zero-order valence-electron chi connectivity index (χ0n) is 19.1. The van der Waals surface area contributed by atoms with E-state index < -0.39 is 17.2 Å². The van der Waals surface area contributed by atoms with Crippen molar-refractivity contribution in [2.24, 2.45) is 7.05 Å². The van der Waals surface area contributed by atoms with Crippen LogP contribution in [0.3, 0.4) is 0 Å². The van der Waals surface area contributed by atoms with Crippen molar-refractivity contribution >= 4 is 11.6 Å². The average Bonchev–Trinajstić information content (AvgIpc) is 2.84. The number of hydrogen-bond donors (Lipinski definition) is 2. The van der Waals surface area contributed by atoms with Gasteiger partial charge in [0.1, 0.15) is 5.82 Å². The Hall–Kier alpha value is -3.65. The summed E-state index contributed by atoms with van der Waals surface area (Å²) in [6.45, 7) is 6.95. The fourth-order valence-corrected chi connectivity index (χ4v) is 3.91. The number of para-hydroxylation sites is 1. The molecule has 1 aliphatic rings. The molecule has 1 fully saturated rings. The van der Waals surface area contributed by atoms with E-state index in [1.807, 2.05) is 56.3 Å². The van der Waals surface area contributed by atoms with Crippen LogP contribution in [0, 0.1) is 13.8 Å². The highest BCUT2D eigenvalue weighted by Gasteiger charge is 2.23. The number of benzene rings is 2. The van der Waals surface area contributed by atoms with E-state index in [4.69, 9.17) is 4.74 Å². The number of ether oxygens (including phenoxy) is 1. The monoisotopic (exact) mass is 448 g/mol. The Morgan fingerprint density at radius 1 is 1.12 bits per heavy atom. The van der Waals surface area contributed by atoms with E-state index in [0.717, 1.165) is 16.8 Å². The molecule has 0 atom stereocenters. The van der Waals surface area contributed by atoms with Crippen LogP contribution in [0.4, 0.5) is 5.69 Å². The fraction of sp³-hybridized carbons (Fsp3) is 0.320. The van der Waals surface area contributed by atoms with Gasteiger partial charge in [-0.25, -0.2) is 4.98 Å². The highest BCUT2D eigenvalue weighted by Crippen LogP contribution is 2.30. The first-order valence-corrected chi connectivity index (χ1v) is 10.9. The molecule has 1 aromatic heterocycles. The maximum Gasteiger partial charge on any atom is 0.296 e. The van der Waals surface area contributed by atoms with Gasteiger partial charge in [-0.15, -0.1) is 0 Å². The number of morpholine rings is 1. The maximum atomic E-state index is 12.9. The number of carbonyl (C=O) groups excluding carboxylic acids is 1. The van der Waals surface area contributed by atoms with Crippen molar-refractivity contribution in [2.75, 3.05) is 31.2 Å². The van der Waals surface area contributed by atoms with E-state index in [1.54, 1.807) is 0 Å². The van der Waals surface area contributed by atoms with Gasteiger partial charge in [-0.2, -0.15) is 0 Å². The van der Waals surface area contributed by atoms with Crippen LogP contribution < -0.4 is 15.8 Å². The number of carbonyl (C=O) groups is 1. The maximum absolute atomic E-state index is 12.9. The zero-order chi connectivity index (χ0) is 23.5. The number of hydrogen-bond acceptors (Lipinski definition) is 6. The Labute approximate surface area is 192 Å². The van der Waals surface area contributed by atoms with Crippen LogP contribution in [-0.2, 0) is 18.3 Å². The summed E-state index contributed by atoms with van der Waals surface area (Å²) >= 11 is 0. The first-order valence-electron chi connectivity index (χ1n) is 10.9. The van der Waals surface area contributed by atoms with Gasteiger partial charge < -0.3 is 20.1 Å². The molecular weight excluding hydrogens is 420 g/mol. The molecule has 0 radical (unpaired) electrons. The molecule has 1 amide bonds. The molecule has 8 nitrogen and oxygen atoms in total. The standard InChI is InChI=1S/C25H28N4O4/c1-16-8-9-18(14-17(16)2)15-26-24(31)21-22(30)25(32)28(3)23(27-21)19-6-4-5-7-20(19)29-10-12-33-13-11-29/h4-9,14,30H,10-13,15H2,1-3H3,(H,26,31). The topological polar surface area (TPSA) is 96.7 Å². The normalized spacial score (nSPS) is 13.7. The van der Waals surface area contributed by atoms with E-state index in [0.29, 0.717) is 37.7 Å². The predicted molar refractivity (Wildman–Crippen MR) is 127 cm³/mol. The minimum atomic E-state index is -0.673. The molecule has 8 heteroatoms. The first-order chi connectivity index (χ1) is 15.9. The second kappa shape index (κ2) is 9.46. The van der Waals surface area contributed by atoms with Gasteiger partial charge in [-0.05, 0) is 42.7 Å². The lowest BCUT2D eigenvalue weighted by Gasteiger charge is -2.30. The van der Waals surface area contributed by atoms with E-state index in [9.17, 15) is 14.7 Å². The molecule has 2 heterocycles. The third kappa shape index (κ3) is 4.61. The third-order valence-corrected chi connectivity index (χ3v) is 6.00. The lowest BCUT2D eigenvalue weighted by Crippen LogP contribution is -2.36. The molecule has 0 saturated carbocycles. The largest absolute Gasteiger partial charge is 0.501 e. The minimum absolute atomic E-state index is 0.260. The van der Waals surface area contributed by atoms with Crippen molar-refractivity contribution in [3.05, 3.63) is 75.2 Å². The number of amides is 1. The van der Waals surface area contributed by atoms with Crippen molar-refractivity contribution < 1.29 is 14.6 Å². The fourth-order valence-electron chi connectivity index (χ4n) is 3.91. The van der Waals surface area contributed by atoms with Crippen molar-refractivity contribution in [3.8, 4) is 17.1 Å². The Morgan fingerprint density at radius 2 is 1.85 bits per heavy atom. The van der Waals surface area contributed by atoms with E-state index in [2.05, 4.69) is 15.2 Å². The first kappa shape index (κ1) is 22.5. The van der Waals surface area contributed by atoms with Crippen molar-refractivity contribution in [1.82, 2.24) is 14.9 Å². The van der Waals surface area contributed by atoms with Crippen molar-refractivity contribution in [1.29, 1.82) is 0 Å². The molecule has 1 aliphatic heterocycles. The van der Waals surface area contributed by atoms with Gasteiger partial charge in [-0.3, -0.25) is 14.2 Å². The summed E-state index contributed by atoms with van der Waals surface area (Å²) < 4.78 is 6.73. The van der Waals surface area contributed by atoms with E-state index >= 15 is 0 Å². The molecule has 172 valence electrons. The van der Waals surface area contributed by atoms with Gasteiger partial charge in [0.05, 0.1) is 13.2 Å². The van der Waals surface area contributed by atoms with Crippen LogP contribution in [0.25, 0.3) is 11.4 Å². The number of nitrogens with zero attached hydrogens (tertiary/aromatic N) is 3. The van der Waals surface area contributed by atoms with Crippen LogP contribution in [0.15, 0.2) is 47.3 Å². The average molecular weight is 449 g/mol. The molecule has 1 saturated heterocycles. The van der Waals surface area contributed by atoms with Crippen LogP contribution >= 0.6 is 0 Å².